The summed E-state index contributed by atoms with van der Waals surface area (Å²) in [6.07, 6.45) is -0.107. The maximum Gasteiger partial charge on any atom is 0.184 e. The Bertz CT molecular complexity index is 318. The monoisotopic (exact) mass is 264 g/mol. The molecule has 1 atom stereocenters. The number of nitrogens with two attached hydrogens (primary N) is 2. The second-order valence-electron chi connectivity index (χ2n) is 2.45. The molecule has 0 saturated carbocycles. The first-order chi connectivity index (χ1) is 7.47. The minimum Gasteiger partial charge on any atom is -0.393 e. The van der Waals surface area contributed by atoms with Crippen molar-refractivity contribution in [3.8, 4) is 0 Å². The fourth-order valence-electron chi connectivity index (χ4n) is 0.565. The third-order valence-electron chi connectivity index (χ3n) is 1.18. The molecule has 0 fully saturated rings. The standard InChI is InChI=1S/C6H12N6O2S2/c7-5(15)11-9-1-3(4(14)2-13)10-12-6(8)16/h1,4,13-14H,2H2,(H3,7,11,15)(H3,8,12,16)/b9-1+,10-3-. The Morgan fingerprint density at radius 3 is 2.31 bits per heavy atom. The molecular weight excluding hydrogens is 252 g/mol. The van der Waals surface area contributed by atoms with E-state index in [1.807, 2.05) is 0 Å². The minimum absolute atomic E-state index is 0.0130. The molecule has 0 aromatic heterocycles. The molecule has 10 heteroatoms. The lowest BCUT2D eigenvalue weighted by Crippen LogP contribution is -2.33. The first kappa shape index (κ1) is 14.6. The Balaban J connectivity index is 4.54. The summed E-state index contributed by atoms with van der Waals surface area (Å²) in [5.41, 5.74) is 14.7. The van der Waals surface area contributed by atoms with Gasteiger partial charge in [0.1, 0.15) is 11.8 Å². The van der Waals surface area contributed by atoms with Crippen LogP contribution in [0, 0.1) is 0 Å². The number of hydrazone groups is 2. The summed E-state index contributed by atoms with van der Waals surface area (Å²) in [7, 11) is 0. The van der Waals surface area contributed by atoms with Crippen LogP contribution >= 0.6 is 24.4 Å². The number of aliphatic hydroxyl groups is 2. The molecule has 0 spiro atoms. The van der Waals surface area contributed by atoms with E-state index < -0.39 is 12.7 Å². The fourth-order valence-corrected chi connectivity index (χ4v) is 0.663. The third kappa shape index (κ3) is 7.00. The van der Waals surface area contributed by atoms with Crippen molar-refractivity contribution in [2.45, 2.75) is 6.10 Å². The predicted octanol–water partition coefficient (Wildman–Crippen LogP) is -2.65. The first-order valence-corrected chi connectivity index (χ1v) is 4.79. The summed E-state index contributed by atoms with van der Waals surface area (Å²) in [5, 5.41) is 25.1. The number of hydrogen-bond acceptors (Lipinski definition) is 6. The van der Waals surface area contributed by atoms with E-state index in [2.05, 4.69) is 45.5 Å². The molecule has 0 saturated heterocycles. The summed E-state index contributed by atoms with van der Waals surface area (Å²) in [6.45, 7) is -0.531. The lowest BCUT2D eigenvalue weighted by Gasteiger charge is -2.06. The van der Waals surface area contributed by atoms with Crippen LogP contribution in [0.3, 0.4) is 0 Å². The van der Waals surface area contributed by atoms with Crippen LogP contribution in [0.2, 0.25) is 0 Å². The van der Waals surface area contributed by atoms with E-state index in [0.29, 0.717) is 0 Å². The van der Waals surface area contributed by atoms with Crippen molar-refractivity contribution in [3.05, 3.63) is 0 Å². The summed E-state index contributed by atoms with van der Waals surface area (Å²) in [4.78, 5) is 0. The van der Waals surface area contributed by atoms with Crippen molar-refractivity contribution in [2.24, 2.45) is 21.7 Å². The van der Waals surface area contributed by atoms with Gasteiger partial charge in [-0.25, -0.2) is 0 Å². The van der Waals surface area contributed by atoms with Gasteiger partial charge in [-0.05, 0) is 24.4 Å². The normalized spacial score (nSPS) is 13.5. The van der Waals surface area contributed by atoms with Gasteiger partial charge in [-0.3, -0.25) is 10.9 Å². The molecular formula is C6H12N6O2S2. The molecule has 16 heavy (non-hydrogen) atoms. The highest BCUT2D eigenvalue weighted by molar-refractivity contribution is 7.80. The van der Waals surface area contributed by atoms with Crippen molar-refractivity contribution >= 4 is 46.6 Å². The van der Waals surface area contributed by atoms with Crippen LogP contribution < -0.4 is 22.3 Å². The highest BCUT2D eigenvalue weighted by Crippen LogP contribution is 1.85. The lowest BCUT2D eigenvalue weighted by molar-refractivity contribution is 0.146. The van der Waals surface area contributed by atoms with Crippen LogP contribution in [0.15, 0.2) is 10.2 Å². The topological polar surface area (TPSA) is 141 Å². The zero-order valence-electron chi connectivity index (χ0n) is 8.12. The molecule has 0 aromatic rings. The average Bonchev–Trinajstić information content (AvgIpc) is 2.21. The number of aliphatic hydroxyl groups excluding tert-OH is 2. The molecule has 8 nitrogen and oxygen atoms in total. The smallest absolute Gasteiger partial charge is 0.184 e. The minimum atomic E-state index is -1.22. The second-order valence-corrected chi connectivity index (χ2v) is 3.33. The quantitative estimate of drug-likeness (QED) is 0.180. The van der Waals surface area contributed by atoms with Gasteiger partial charge in [-0.1, -0.05) is 0 Å². The Hall–Kier alpha value is -1.36. The van der Waals surface area contributed by atoms with E-state index >= 15 is 0 Å². The van der Waals surface area contributed by atoms with Crippen LogP contribution in [-0.2, 0) is 0 Å². The number of thiocarbonyl (C=S) groups is 2. The van der Waals surface area contributed by atoms with Crippen molar-refractivity contribution in [1.82, 2.24) is 10.9 Å². The first-order valence-electron chi connectivity index (χ1n) is 3.97. The predicted molar refractivity (Wildman–Crippen MR) is 68.9 cm³/mol. The highest BCUT2D eigenvalue weighted by Gasteiger charge is 2.09. The van der Waals surface area contributed by atoms with E-state index in [1.165, 1.54) is 0 Å². The summed E-state index contributed by atoms with van der Waals surface area (Å²) < 4.78 is 0. The molecule has 0 amide bonds. The number of hydrogen-bond donors (Lipinski definition) is 6. The lowest BCUT2D eigenvalue weighted by atomic mass is 10.2. The van der Waals surface area contributed by atoms with E-state index in [4.69, 9.17) is 16.6 Å². The molecule has 90 valence electrons. The third-order valence-corrected chi connectivity index (χ3v) is 1.36. The number of nitrogens with one attached hydrogen (secondary N) is 2. The number of nitrogens with zero attached hydrogens (tertiary/aromatic N) is 2. The molecule has 0 aromatic carbocycles. The molecule has 1 unspecified atom stereocenters. The van der Waals surface area contributed by atoms with Gasteiger partial charge >= 0.3 is 0 Å². The van der Waals surface area contributed by atoms with Gasteiger partial charge < -0.3 is 21.7 Å². The van der Waals surface area contributed by atoms with Gasteiger partial charge in [-0.15, -0.1) is 0 Å². The second kappa shape index (κ2) is 7.87. The fraction of sp³-hybridized carbons (Fsp3) is 0.333. The molecule has 0 aliphatic heterocycles. The Kier molecular flexibility index (Phi) is 7.20. The zero-order chi connectivity index (χ0) is 12.6. The van der Waals surface area contributed by atoms with Crippen LogP contribution in [0.1, 0.15) is 0 Å². The van der Waals surface area contributed by atoms with Crippen LogP contribution in [0.4, 0.5) is 0 Å². The van der Waals surface area contributed by atoms with Gasteiger partial charge in [0, 0.05) is 0 Å². The average molecular weight is 264 g/mol. The summed E-state index contributed by atoms with van der Waals surface area (Å²) in [5.74, 6) is 0. The largest absolute Gasteiger partial charge is 0.393 e. The molecule has 0 radical (unpaired) electrons. The highest BCUT2D eigenvalue weighted by atomic mass is 32.1. The number of rotatable bonds is 5. The molecule has 0 bridgehead atoms. The molecule has 0 heterocycles. The van der Waals surface area contributed by atoms with Crippen LogP contribution in [0.25, 0.3) is 0 Å². The Morgan fingerprint density at radius 2 is 1.88 bits per heavy atom. The van der Waals surface area contributed by atoms with Gasteiger partial charge in [0.25, 0.3) is 0 Å². The van der Waals surface area contributed by atoms with Gasteiger partial charge in [-0.2, -0.15) is 10.2 Å². The van der Waals surface area contributed by atoms with E-state index in [1.54, 1.807) is 0 Å². The summed E-state index contributed by atoms with van der Waals surface area (Å²) in [6, 6.07) is 0. The Labute approximate surface area is 102 Å². The SMILES string of the molecule is NC(=S)N/N=C(/C=N/NC(N)=S)C(O)CO. The van der Waals surface area contributed by atoms with Crippen molar-refractivity contribution in [3.63, 3.8) is 0 Å². The van der Waals surface area contributed by atoms with E-state index in [-0.39, 0.29) is 15.9 Å². The summed E-state index contributed by atoms with van der Waals surface area (Å²) >= 11 is 9.00. The maximum atomic E-state index is 9.31. The van der Waals surface area contributed by atoms with E-state index in [0.717, 1.165) is 6.21 Å². The van der Waals surface area contributed by atoms with E-state index in [9.17, 15) is 5.11 Å². The van der Waals surface area contributed by atoms with Gasteiger partial charge in [0.2, 0.25) is 0 Å². The molecule has 0 rings (SSSR count). The van der Waals surface area contributed by atoms with Crippen LogP contribution in [0.5, 0.6) is 0 Å². The van der Waals surface area contributed by atoms with Crippen molar-refractivity contribution < 1.29 is 10.2 Å². The van der Waals surface area contributed by atoms with Gasteiger partial charge in [0.05, 0.1) is 12.8 Å². The van der Waals surface area contributed by atoms with Crippen LogP contribution in [-0.4, -0.2) is 45.1 Å². The van der Waals surface area contributed by atoms with Gasteiger partial charge in [0.15, 0.2) is 10.2 Å². The molecule has 0 aliphatic rings. The Morgan fingerprint density at radius 1 is 1.31 bits per heavy atom. The molecule has 0 aliphatic carbocycles. The van der Waals surface area contributed by atoms with Crippen molar-refractivity contribution in [1.29, 1.82) is 0 Å². The molecule has 8 N–H and O–H groups in total. The van der Waals surface area contributed by atoms with Crippen molar-refractivity contribution in [2.75, 3.05) is 6.61 Å². The zero-order valence-corrected chi connectivity index (χ0v) is 9.75. The maximum absolute atomic E-state index is 9.31.